The van der Waals surface area contributed by atoms with Gasteiger partial charge < -0.3 is 4.90 Å². The van der Waals surface area contributed by atoms with E-state index in [2.05, 4.69) is 231 Å². The van der Waals surface area contributed by atoms with Crippen molar-refractivity contribution in [2.45, 2.75) is 24.7 Å². The van der Waals surface area contributed by atoms with E-state index >= 15 is 0 Å². The number of benzene rings is 9. The summed E-state index contributed by atoms with van der Waals surface area (Å²) in [5, 5.41) is 2.48. The Morgan fingerprint density at radius 1 is 0.368 bits per heavy atom. The molecule has 270 valence electrons. The summed E-state index contributed by atoms with van der Waals surface area (Å²) in [5.74, 6) is 0. The van der Waals surface area contributed by atoms with Crippen molar-refractivity contribution in [2.24, 2.45) is 0 Å². The van der Waals surface area contributed by atoms with Gasteiger partial charge in [0.2, 0.25) is 0 Å². The number of para-hydroxylation sites is 1. The minimum Gasteiger partial charge on any atom is -0.310 e. The fraction of sp³-hybridized carbons (Fsp3) is 0.0714. The summed E-state index contributed by atoms with van der Waals surface area (Å²) in [6.45, 7) is 4.73. The SMILES string of the molecule is CC1(C)c2ccccc2-c2ccc(N(c3ccc4c5c(ccc4c3)C(c3ccccc3)(c3ccccc3)c3ccccc3-5)c3ccccc3-c3ccccc3)cc21. The maximum absolute atomic E-state index is 2.47. The molecule has 0 N–H and O–H groups in total. The summed E-state index contributed by atoms with van der Waals surface area (Å²) in [5.41, 5.74) is 18.5. The highest BCUT2D eigenvalue weighted by molar-refractivity contribution is 6.06. The lowest BCUT2D eigenvalue weighted by atomic mass is 9.67. The molecular weight excluding hydrogens is 687 g/mol. The van der Waals surface area contributed by atoms with E-state index in [1.807, 2.05) is 0 Å². The Morgan fingerprint density at radius 2 is 0.912 bits per heavy atom. The van der Waals surface area contributed by atoms with Gasteiger partial charge in [-0.15, -0.1) is 0 Å². The van der Waals surface area contributed by atoms with Crippen molar-refractivity contribution in [3.05, 3.63) is 246 Å². The summed E-state index contributed by atoms with van der Waals surface area (Å²) in [6, 6.07) is 78.7. The molecule has 0 fully saturated rings. The largest absolute Gasteiger partial charge is 0.310 e. The van der Waals surface area contributed by atoms with Crippen LogP contribution in [0.15, 0.2) is 212 Å². The quantitative estimate of drug-likeness (QED) is 0.165. The second-order valence-electron chi connectivity index (χ2n) is 16.0. The second-order valence-corrected chi connectivity index (χ2v) is 16.0. The molecule has 9 aromatic rings. The second kappa shape index (κ2) is 12.8. The topological polar surface area (TPSA) is 3.24 Å². The molecule has 0 spiro atoms. The van der Waals surface area contributed by atoms with Gasteiger partial charge in [-0.2, -0.15) is 0 Å². The number of rotatable bonds is 6. The van der Waals surface area contributed by atoms with Gasteiger partial charge in [-0.3, -0.25) is 0 Å². The van der Waals surface area contributed by atoms with E-state index in [4.69, 9.17) is 0 Å². The van der Waals surface area contributed by atoms with Gasteiger partial charge in [0.1, 0.15) is 0 Å². The summed E-state index contributed by atoms with van der Waals surface area (Å²) >= 11 is 0. The maximum Gasteiger partial charge on any atom is 0.0713 e. The van der Waals surface area contributed by atoms with Crippen LogP contribution in [0.2, 0.25) is 0 Å². The molecule has 0 aliphatic heterocycles. The van der Waals surface area contributed by atoms with E-state index in [0.717, 1.165) is 17.1 Å². The van der Waals surface area contributed by atoms with E-state index in [-0.39, 0.29) is 5.41 Å². The van der Waals surface area contributed by atoms with Crippen molar-refractivity contribution >= 4 is 27.8 Å². The first-order chi connectivity index (χ1) is 28.0. The highest BCUT2D eigenvalue weighted by atomic mass is 15.1. The summed E-state index contributed by atoms with van der Waals surface area (Å²) in [6.07, 6.45) is 0. The molecule has 1 nitrogen and oxygen atoms in total. The van der Waals surface area contributed by atoms with Crippen LogP contribution < -0.4 is 4.90 Å². The predicted octanol–water partition coefficient (Wildman–Crippen LogP) is 14.6. The van der Waals surface area contributed by atoms with E-state index in [0.29, 0.717) is 0 Å². The van der Waals surface area contributed by atoms with Crippen molar-refractivity contribution in [3.8, 4) is 33.4 Å². The third-order valence-electron chi connectivity index (χ3n) is 12.7. The smallest absolute Gasteiger partial charge is 0.0713 e. The van der Waals surface area contributed by atoms with Crippen molar-refractivity contribution < 1.29 is 0 Å². The average Bonchev–Trinajstić information content (AvgIpc) is 3.71. The van der Waals surface area contributed by atoms with Crippen LogP contribution in [0, 0.1) is 0 Å². The molecule has 0 radical (unpaired) electrons. The van der Waals surface area contributed by atoms with E-state index < -0.39 is 5.41 Å². The van der Waals surface area contributed by atoms with Crippen molar-refractivity contribution in [2.75, 3.05) is 4.90 Å². The lowest BCUT2D eigenvalue weighted by Crippen LogP contribution is -2.28. The highest BCUT2D eigenvalue weighted by Crippen LogP contribution is 2.58. The van der Waals surface area contributed by atoms with Gasteiger partial charge in [0.25, 0.3) is 0 Å². The first-order valence-corrected chi connectivity index (χ1v) is 20.0. The van der Waals surface area contributed by atoms with Crippen LogP contribution in [0.5, 0.6) is 0 Å². The Kier molecular flexibility index (Phi) is 7.50. The van der Waals surface area contributed by atoms with Crippen molar-refractivity contribution in [3.63, 3.8) is 0 Å². The minimum absolute atomic E-state index is 0.117. The Bertz CT molecular complexity index is 2940. The van der Waals surface area contributed by atoms with Crippen LogP contribution in [-0.2, 0) is 10.8 Å². The van der Waals surface area contributed by atoms with Gasteiger partial charge in [-0.05, 0) is 102 Å². The van der Waals surface area contributed by atoms with Crippen LogP contribution >= 0.6 is 0 Å². The third-order valence-corrected chi connectivity index (χ3v) is 12.7. The van der Waals surface area contributed by atoms with Gasteiger partial charge in [0.05, 0.1) is 11.1 Å². The van der Waals surface area contributed by atoms with Gasteiger partial charge in [-0.1, -0.05) is 196 Å². The molecular formula is C56H41N. The molecule has 2 aliphatic carbocycles. The Balaban J connectivity index is 1.15. The molecule has 2 aliphatic rings. The molecule has 0 heterocycles. The normalized spacial score (nSPS) is 14.1. The first kappa shape index (κ1) is 33.4. The fourth-order valence-corrected chi connectivity index (χ4v) is 10.2. The standard InChI is InChI=1S/C56H41N/c1-55(2)49-27-15-12-25-46(49)47-34-32-43(37-52(47)55)57(53-29-17-14-24-44(53)38-18-6-3-7-19-38)42-31-33-45-39(36-42)30-35-51-54(45)48-26-13-16-28-50(48)56(51,40-20-8-4-9-21-40)41-22-10-5-11-23-41/h3-37H,1-2H3. The molecule has 0 unspecified atom stereocenters. The third kappa shape index (κ3) is 4.89. The summed E-state index contributed by atoms with van der Waals surface area (Å²) < 4.78 is 0. The van der Waals surface area contributed by atoms with E-state index in [1.54, 1.807) is 0 Å². The van der Waals surface area contributed by atoms with Crippen LogP contribution in [0.3, 0.4) is 0 Å². The fourth-order valence-electron chi connectivity index (χ4n) is 10.2. The van der Waals surface area contributed by atoms with Crippen LogP contribution in [0.1, 0.15) is 47.2 Å². The van der Waals surface area contributed by atoms with Gasteiger partial charge in [0, 0.05) is 22.4 Å². The Morgan fingerprint density at radius 3 is 1.63 bits per heavy atom. The highest BCUT2D eigenvalue weighted by Gasteiger charge is 2.46. The molecule has 0 atom stereocenters. The van der Waals surface area contributed by atoms with Crippen LogP contribution in [-0.4, -0.2) is 0 Å². The van der Waals surface area contributed by atoms with E-state index in [1.165, 1.54) is 77.5 Å². The molecule has 0 bridgehead atoms. The Labute approximate surface area is 335 Å². The van der Waals surface area contributed by atoms with Crippen LogP contribution in [0.25, 0.3) is 44.2 Å². The monoisotopic (exact) mass is 727 g/mol. The van der Waals surface area contributed by atoms with Crippen LogP contribution in [0.4, 0.5) is 17.1 Å². The van der Waals surface area contributed by atoms with Gasteiger partial charge in [-0.25, -0.2) is 0 Å². The van der Waals surface area contributed by atoms with Crippen molar-refractivity contribution in [1.82, 2.24) is 0 Å². The number of fused-ring (bicyclic) bond motifs is 8. The average molecular weight is 728 g/mol. The summed E-state index contributed by atoms with van der Waals surface area (Å²) in [7, 11) is 0. The number of nitrogens with zero attached hydrogens (tertiary/aromatic N) is 1. The molecule has 0 aromatic heterocycles. The first-order valence-electron chi connectivity index (χ1n) is 20.0. The van der Waals surface area contributed by atoms with E-state index in [9.17, 15) is 0 Å². The number of anilines is 3. The molecule has 9 aromatic carbocycles. The van der Waals surface area contributed by atoms with Gasteiger partial charge >= 0.3 is 0 Å². The maximum atomic E-state index is 2.47. The molecule has 0 saturated carbocycles. The zero-order valence-electron chi connectivity index (χ0n) is 32.2. The minimum atomic E-state index is -0.434. The zero-order valence-corrected chi connectivity index (χ0v) is 32.2. The Hall–Kier alpha value is -6.96. The molecule has 0 amide bonds. The molecule has 11 rings (SSSR count). The lowest BCUT2D eigenvalue weighted by Gasteiger charge is -2.34. The lowest BCUT2D eigenvalue weighted by molar-refractivity contribution is 0.660. The molecule has 57 heavy (non-hydrogen) atoms. The number of hydrogen-bond donors (Lipinski definition) is 0. The van der Waals surface area contributed by atoms with Crippen molar-refractivity contribution in [1.29, 1.82) is 0 Å². The molecule has 0 saturated heterocycles. The molecule has 1 heteroatoms. The predicted molar refractivity (Wildman–Crippen MR) is 239 cm³/mol. The zero-order chi connectivity index (χ0) is 38.1. The van der Waals surface area contributed by atoms with Gasteiger partial charge in [0.15, 0.2) is 0 Å². The number of hydrogen-bond acceptors (Lipinski definition) is 1. The summed E-state index contributed by atoms with van der Waals surface area (Å²) in [4.78, 5) is 2.47.